The number of hydrogen-bond donors (Lipinski definition) is 0. The van der Waals surface area contributed by atoms with E-state index >= 15 is 0 Å². The second-order valence-electron chi connectivity index (χ2n) is 4.01. The van der Waals surface area contributed by atoms with Crippen molar-refractivity contribution in [1.29, 1.82) is 0 Å². The first-order valence-corrected chi connectivity index (χ1v) is 6.21. The molecule has 0 bridgehead atoms. The van der Waals surface area contributed by atoms with Crippen LogP contribution in [0.3, 0.4) is 0 Å². The zero-order valence-electron chi connectivity index (χ0n) is 9.35. The van der Waals surface area contributed by atoms with Gasteiger partial charge in [-0.2, -0.15) is 0 Å². The molecule has 0 radical (unpaired) electrons. The van der Waals surface area contributed by atoms with E-state index in [4.69, 9.17) is 0 Å². The van der Waals surface area contributed by atoms with E-state index < -0.39 is 0 Å². The quantitative estimate of drug-likeness (QED) is 0.726. The van der Waals surface area contributed by atoms with Gasteiger partial charge in [-0.15, -0.1) is 0 Å². The Hall–Kier alpha value is -1.75. The molecule has 0 aliphatic carbocycles. The number of hydrogen-bond acceptors (Lipinski definition) is 2. The number of fused-ring (bicyclic) bond motifs is 1. The Balaban J connectivity index is 2.02. The molecule has 0 aromatic carbocycles. The van der Waals surface area contributed by atoms with Crippen molar-refractivity contribution < 1.29 is 4.39 Å². The second kappa shape index (κ2) is 4.49. The van der Waals surface area contributed by atoms with E-state index in [0.717, 1.165) is 21.1 Å². The molecule has 0 aliphatic rings. The van der Waals surface area contributed by atoms with Crippen LogP contribution in [0.2, 0.25) is 0 Å². The Morgan fingerprint density at radius 2 is 2.11 bits per heavy atom. The Bertz CT molecular complexity index is 708. The fourth-order valence-corrected chi connectivity index (χ4v) is 2.23. The number of rotatable bonds is 2. The van der Waals surface area contributed by atoms with Gasteiger partial charge in [0.25, 0.3) is 0 Å². The summed E-state index contributed by atoms with van der Waals surface area (Å²) in [7, 11) is 0. The summed E-state index contributed by atoms with van der Waals surface area (Å²) in [6.07, 6.45) is 6.57. The highest BCUT2D eigenvalue weighted by molar-refractivity contribution is 9.10. The van der Waals surface area contributed by atoms with Gasteiger partial charge in [0, 0.05) is 29.6 Å². The van der Waals surface area contributed by atoms with Crippen LogP contribution in [0.1, 0.15) is 5.56 Å². The Morgan fingerprint density at radius 1 is 1.22 bits per heavy atom. The lowest BCUT2D eigenvalue weighted by Crippen LogP contribution is -1.99. The topological polar surface area (TPSA) is 30.7 Å². The number of nitrogens with zero attached hydrogens (tertiary/aromatic N) is 3. The van der Waals surface area contributed by atoms with Gasteiger partial charge >= 0.3 is 0 Å². The van der Waals surface area contributed by atoms with Gasteiger partial charge in [0.2, 0.25) is 0 Å². The van der Waals surface area contributed by atoms with Gasteiger partial charge < -0.3 is 4.57 Å². The van der Waals surface area contributed by atoms with Gasteiger partial charge in [-0.05, 0) is 39.7 Å². The minimum Gasteiger partial charge on any atom is -0.342 e. The van der Waals surface area contributed by atoms with Crippen LogP contribution in [0.25, 0.3) is 11.0 Å². The summed E-state index contributed by atoms with van der Waals surface area (Å²) in [5, 5.41) is 0. The smallest absolute Gasteiger partial charge is 0.141 e. The largest absolute Gasteiger partial charge is 0.342 e. The third-order valence-corrected chi connectivity index (χ3v) is 3.13. The van der Waals surface area contributed by atoms with Crippen molar-refractivity contribution in [2.75, 3.05) is 0 Å². The molecule has 0 saturated heterocycles. The summed E-state index contributed by atoms with van der Waals surface area (Å²) in [5.74, 6) is -0.316. The molecule has 3 rings (SSSR count). The number of pyridine rings is 2. The van der Waals surface area contributed by atoms with Crippen LogP contribution < -0.4 is 0 Å². The first-order valence-electron chi connectivity index (χ1n) is 5.42. The van der Waals surface area contributed by atoms with E-state index in [1.807, 2.05) is 22.9 Å². The predicted molar refractivity (Wildman–Crippen MR) is 70.7 cm³/mol. The van der Waals surface area contributed by atoms with E-state index in [1.54, 1.807) is 12.4 Å². The maximum atomic E-state index is 13.1. The zero-order chi connectivity index (χ0) is 12.5. The third-order valence-electron chi connectivity index (χ3n) is 2.70. The summed E-state index contributed by atoms with van der Waals surface area (Å²) in [4.78, 5) is 8.15. The molecular formula is C13H9BrFN3. The monoisotopic (exact) mass is 305 g/mol. The fraction of sp³-hybridized carbons (Fsp3) is 0.0769. The number of aromatic nitrogens is 3. The van der Waals surface area contributed by atoms with Crippen molar-refractivity contribution in [3.05, 3.63) is 58.8 Å². The molecule has 0 N–H and O–H groups in total. The van der Waals surface area contributed by atoms with Crippen molar-refractivity contribution >= 4 is 27.0 Å². The van der Waals surface area contributed by atoms with Crippen LogP contribution >= 0.6 is 15.9 Å². The molecule has 90 valence electrons. The summed E-state index contributed by atoms with van der Waals surface area (Å²) in [6, 6.07) is 5.42. The molecule has 0 saturated carbocycles. The van der Waals surface area contributed by atoms with Crippen LogP contribution in [0.15, 0.2) is 47.5 Å². The molecule has 0 unspecified atom stereocenters. The van der Waals surface area contributed by atoms with Crippen LogP contribution in [-0.4, -0.2) is 14.5 Å². The summed E-state index contributed by atoms with van der Waals surface area (Å²) in [6.45, 7) is 0.576. The van der Waals surface area contributed by atoms with Gasteiger partial charge in [0.15, 0.2) is 0 Å². The van der Waals surface area contributed by atoms with E-state index in [0.29, 0.717) is 6.54 Å². The van der Waals surface area contributed by atoms with Crippen LogP contribution in [-0.2, 0) is 6.54 Å². The first-order chi connectivity index (χ1) is 8.72. The van der Waals surface area contributed by atoms with Gasteiger partial charge in [0.1, 0.15) is 5.82 Å². The number of halogens is 2. The lowest BCUT2D eigenvalue weighted by atomic mass is 10.3. The minimum atomic E-state index is -0.316. The van der Waals surface area contributed by atoms with Crippen molar-refractivity contribution in [2.45, 2.75) is 6.54 Å². The molecule has 0 amide bonds. The predicted octanol–water partition coefficient (Wildman–Crippen LogP) is 3.38. The maximum Gasteiger partial charge on any atom is 0.141 e. The summed E-state index contributed by atoms with van der Waals surface area (Å²) < 4.78 is 16.0. The minimum absolute atomic E-state index is 0.316. The average molecular weight is 306 g/mol. The standard InChI is InChI=1S/C13H9BrFN3/c14-10-4-13-12(17-6-10)1-2-18(13)8-9-3-11(15)7-16-5-9/h1-7H,8H2. The summed E-state index contributed by atoms with van der Waals surface area (Å²) in [5.41, 5.74) is 2.75. The van der Waals surface area contributed by atoms with Crippen molar-refractivity contribution in [1.82, 2.24) is 14.5 Å². The van der Waals surface area contributed by atoms with Crippen molar-refractivity contribution in [3.8, 4) is 0 Å². The van der Waals surface area contributed by atoms with Crippen LogP contribution in [0.4, 0.5) is 4.39 Å². The molecule has 0 aliphatic heterocycles. The van der Waals surface area contributed by atoms with E-state index in [-0.39, 0.29) is 5.82 Å². The Labute approximate surface area is 111 Å². The summed E-state index contributed by atoms with van der Waals surface area (Å²) >= 11 is 3.40. The van der Waals surface area contributed by atoms with E-state index in [1.165, 1.54) is 12.3 Å². The molecule has 3 heterocycles. The second-order valence-corrected chi connectivity index (χ2v) is 4.93. The SMILES string of the molecule is Fc1cncc(Cn2ccc3ncc(Br)cc32)c1. The molecular weight excluding hydrogens is 297 g/mol. The van der Waals surface area contributed by atoms with Crippen molar-refractivity contribution in [3.63, 3.8) is 0 Å². The molecule has 18 heavy (non-hydrogen) atoms. The van der Waals surface area contributed by atoms with Gasteiger partial charge in [0.05, 0.1) is 17.2 Å². The molecule has 3 aromatic heterocycles. The van der Waals surface area contributed by atoms with Gasteiger partial charge in [-0.25, -0.2) is 4.39 Å². The normalized spacial score (nSPS) is 11.0. The molecule has 0 spiro atoms. The Kier molecular flexibility index (Phi) is 2.83. The lowest BCUT2D eigenvalue weighted by molar-refractivity contribution is 0.617. The van der Waals surface area contributed by atoms with Crippen LogP contribution in [0, 0.1) is 5.82 Å². The lowest BCUT2D eigenvalue weighted by Gasteiger charge is -2.05. The van der Waals surface area contributed by atoms with E-state index in [2.05, 4.69) is 25.9 Å². The molecule has 3 nitrogen and oxygen atoms in total. The van der Waals surface area contributed by atoms with Crippen LogP contribution in [0.5, 0.6) is 0 Å². The zero-order valence-corrected chi connectivity index (χ0v) is 10.9. The molecule has 0 fully saturated rings. The molecule has 5 heteroatoms. The third kappa shape index (κ3) is 2.13. The average Bonchev–Trinajstić information content (AvgIpc) is 2.72. The van der Waals surface area contributed by atoms with E-state index in [9.17, 15) is 4.39 Å². The highest BCUT2D eigenvalue weighted by Crippen LogP contribution is 2.19. The highest BCUT2D eigenvalue weighted by atomic mass is 79.9. The fourth-order valence-electron chi connectivity index (χ4n) is 1.92. The van der Waals surface area contributed by atoms with Gasteiger partial charge in [-0.1, -0.05) is 0 Å². The first kappa shape index (κ1) is 11.3. The van der Waals surface area contributed by atoms with Crippen molar-refractivity contribution in [2.24, 2.45) is 0 Å². The maximum absolute atomic E-state index is 13.1. The van der Waals surface area contributed by atoms with Gasteiger partial charge in [-0.3, -0.25) is 9.97 Å². The Morgan fingerprint density at radius 3 is 2.94 bits per heavy atom. The molecule has 0 atom stereocenters. The highest BCUT2D eigenvalue weighted by Gasteiger charge is 2.04. The molecule has 3 aromatic rings.